The maximum Gasteiger partial charge on any atom is 0.331 e. The molecule has 1 aliphatic heterocycles. The number of carbonyl (C=O) groups is 1. The number of rotatable bonds is 7. The first-order chi connectivity index (χ1) is 20.5. The molecule has 1 fully saturated rings. The lowest BCUT2D eigenvalue weighted by molar-refractivity contribution is -0.280. The molecule has 1 saturated heterocycles. The first kappa shape index (κ1) is 29.4. The fourth-order valence-electron chi connectivity index (χ4n) is 4.51. The molecule has 1 aromatic heterocycles. The van der Waals surface area contributed by atoms with E-state index in [-0.39, 0.29) is 33.8 Å². The average molecular weight is 595 g/mol. The van der Waals surface area contributed by atoms with Gasteiger partial charge >= 0.3 is 5.97 Å². The molecule has 13 heteroatoms. The maximum atomic E-state index is 13.6. The monoisotopic (exact) mass is 594 g/mol. The third-order valence-corrected chi connectivity index (χ3v) is 6.66. The van der Waals surface area contributed by atoms with Gasteiger partial charge in [0, 0.05) is 23.8 Å². The van der Waals surface area contributed by atoms with Gasteiger partial charge in [0.2, 0.25) is 17.5 Å². The van der Waals surface area contributed by atoms with Crippen LogP contribution in [-0.2, 0) is 14.3 Å². The van der Waals surface area contributed by atoms with E-state index < -0.39 is 66.0 Å². The summed E-state index contributed by atoms with van der Waals surface area (Å²) in [6.45, 7) is -0.789. The molecule has 7 N–H and O–H groups in total. The average Bonchev–Trinajstić information content (AvgIpc) is 2.97. The zero-order valence-corrected chi connectivity index (χ0v) is 22.1. The van der Waals surface area contributed by atoms with Crippen LogP contribution in [0.4, 0.5) is 0 Å². The Morgan fingerprint density at radius 3 is 2.19 bits per heavy atom. The van der Waals surface area contributed by atoms with Crippen LogP contribution in [0, 0.1) is 0 Å². The molecule has 5 atom stereocenters. The van der Waals surface area contributed by atoms with Crippen molar-refractivity contribution in [3.05, 3.63) is 82.5 Å². The summed E-state index contributed by atoms with van der Waals surface area (Å²) >= 11 is 0. The Labute approximate surface area is 242 Å². The summed E-state index contributed by atoms with van der Waals surface area (Å²) in [4.78, 5) is 26.2. The first-order valence-corrected chi connectivity index (χ1v) is 12.8. The number of aliphatic hydroxyl groups is 3. The molecule has 0 bridgehead atoms. The van der Waals surface area contributed by atoms with Gasteiger partial charge < -0.3 is 54.4 Å². The summed E-state index contributed by atoms with van der Waals surface area (Å²) in [5, 5.41) is 70.6. The van der Waals surface area contributed by atoms with Crippen LogP contribution in [0.2, 0.25) is 0 Å². The van der Waals surface area contributed by atoms with Gasteiger partial charge in [-0.05, 0) is 48.0 Å². The van der Waals surface area contributed by atoms with Gasteiger partial charge in [-0.15, -0.1) is 0 Å². The highest BCUT2D eigenvalue weighted by atomic mass is 16.7. The normalized spacial score (nSPS) is 22.1. The topological polar surface area (TPSA) is 217 Å². The fourth-order valence-corrected chi connectivity index (χ4v) is 4.51. The SMILES string of the molecule is O=C(C=Cc1ccc(O)cc1)O[C@@H]1[C@@H](O)[C@@H](Oc2c(-c3ccc(O)cc3)oc3cc(O)cc(O)c3c2=O)O[C@@H](CO)[C@H]1O. The van der Waals surface area contributed by atoms with E-state index in [0.29, 0.717) is 5.56 Å². The van der Waals surface area contributed by atoms with Crippen molar-refractivity contribution in [1.82, 2.24) is 0 Å². The van der Waals surface area contributed by atoms with E-state index in [9.17, 15) is 45.3 Å². The van der Waals surface area contributed by atoms with E-state index >= 15 is 0 Å². The Morgan fingerprint density at radius 2 is 1.53 bits per heavy atom. The lowest BCUT2D eigenvalue weighted by atomic mass is 9.99. The fraction of sp³-hybridized carbons (Fsp3) is 0.200. The number of ether oxygens (including phenoxy) is 3. The van der Waals surface area contributed by atoms with Crippen molar-refractivity contribution >= 4 is 23.0 Å². The van der Waals surface area contributed by atoms with Gasteiger partial charge in [0.05, 0.1) is 6.61 Å². The molecule has 0 amide bonds. The molecule has 224 valence electrons. The van der Waals surface area contributed by atoms with Crippen molar-refractivity contribution < 1.29 is 59.2 Å². The van der Waals surface area contributed by atoms with E-state index in [4.69, 9.17) is 18.6 Å². The number of aliphatic hydroxyl groups excluding tert-OH is 3. The number of phenols is 4. The molecule has 3 aromatic carbocycles. The van der Waals surface area contributed by atoms with E-state index in [1.807, 2.05) is 0 Å². The molecule has 0 saturated carbocycles. The molecular weight excluding hydrogens is 568 g/mol. The molecule has 0 spiro atoms. The molecule has 0 aliphatic carbocycles. The lowest BCUT2D eigenvalue weighted by Crippen LogP contribution is -2.61. The number of benzene rings is 3. The van der Waals surface area contributed by atoms with Crippen molar-refractivity contribution in [1.29, 1.82) is 0 Å². The molecule has 1 aliphatic rings. The quantitative estimate of drug-likeness (QED) is 0.120. The summed E-state index contributed by atoms with van der Waals surface area (Å²) in [6, 6.07) is 13.3. The number of hydrogen-bond donors (Lipinski definition) is 7. The molecule has 4 aromatic rings. The van der Waals surface area contributed by atoms with Gasteiger partial charge in [-0.2, -0.15) is 0 Å². The third kappa shape index (κ3) is 6.10. The number of hydrogen-bond acceptors (Lipinski definition) is 13. The number of esters is 1. The van der Waals surface area contributed by atoms with Crippen LogP contribution < -0.4 is 10.2 Å². The van der Waals surface area contributed by atoms with E-state index in [1.165, 1.54) is 54.6 Å². The minimum atomic E-state index is -1.90. The highest BCUT2D eigenvalue weighted by Crippen LogP contribution is 2.37. The minimum Gasteiger partial charge on any atom is -0.508 e. The molecular formula is C30H26O13. The van der Waals surface area contributed by atoms with Gasteiger partial charge in [0.15, 0.2) is 18.0 Å². The summed E-state index contributed by atoms with van der Waals surface area (Å²) < 4.78 is 22.4. The van der Waals surface area contributed by atoms with Crippen LogP contribution in [-0.4, -0.2) is 79.0 Å². The Kier molecular flexibility index (Phi) is 8.23. The second kappa shape index (κ2) is 12.0. The molecule has 43 heavy (non-hydrogen) atoms. The number of fused-ring (bicyclic) bond motifs is 1. The van der Waals surface area contributed by atoms with Crippen molar-refractivity contribution in [3.63, 3.8) is 0 Å². The summed E-state index contributed by atoms with van der Waals surface area (Å²) in [5.74, 6) is -2.89. The molecule has 0 unspecified atom stereocenters. The number of phenolic OH excluding ortho intramolecular Hbond substituents is 4. The number of carbonyl (C=O) groups excluding carboxylic acids is 1. The van der Waals surface area contributed by atoms with Gasteiger partial charge in [-0.1, -0.05) is 12.1 Å². The molecule has 0 radical (unpaired) electrons. The third-order valence-electron chi connectivity index (χ3n) is 6.66. The Bertz CT molecular complexity index is 1710. The zero-order valence-electron chi connectivity index (χ0n) is 22.1. The Morgan fingerprint density at radius 1 is 0.884 bits per heavy atom. The molecule has 2 heterocycles. The molecule has 13 nitrogen and oxygen atoms in total. The van der Waals surface area contributed by atoms with Crippen LogP contribution in [0.25, 0.3) is 28.4 Å². The second-order valence-electron chi connectivity index (χ2n) is 9.63. The highest BCUT2D eigenvalue weighted by Gasteiger charge is 2.48. The van der Waals surface area contributed by atoms with Crippen molar-refractivity contribution in [3.8, 4) is 40.1 Å². The van der Waals surface area contributed by atoms with Gasteiger partial charge in [0.25, 0.3) is 0 Å². The molecule has 5 rings (SSSR count). The van der Waals surface area contributed by atoms with Crippen LogP contribution >= 0.6 is 0 Å². The van der Waals surface area contributed by atoms with Crippen molar-refractivity contribution in [2.24, 2.45) is 0 Å². The van der Waals surface area contributed by atoms with Crippen LogP contribution in [0.5, 0.6) is 28.7 Å². The highest BCUT2D eigenvalue weighted by molar-refractivity contribution is 5.88. The van der Waals surface area contributed by atoms with Gasteiger partial charge in [0.1, 0.15) is 46.2 Å². The Hall–Kier alpha value is -5.08. The van der Waals surface area contributed by atoms with Crippen LogP contribution in [0.3, 0.4) is 0 Å². The summed E-state index contributed by atoms with van der Waals surface area (Å²) in [6.07, 6.45) is -6.15. The summed E-state index contributed by atoms with van der Waals surface area (Å²) in [5.41, 5.74) is -0.395. The largest absolute Gasteiger partial charge is 0.508 e. The standard InChI is InChI=1S/C30H26O13/c31-13-21-24(37)28(42-22(36)10-3-14-1-6-16(32)7-2-14)26(39)30(41-21)43-29-25(38)23-19(35)11-18(34)12-20(23)40-27(29)15-4-8-17(33)9-5-15/h1-12,21,24,26,28,30-35,37,39H,13H2/t21-,24+,26+,28-,30+/m0/s1. The Balaban J connectivity index is 1.49. The van der Waals surface area contributed by atoms with Crippen molar-refractivity contribution in [2.45, 2.75) is 30.7 Å². The predicted molar refractivity (Wildman–Crippen MR) is 148 cm³/mol. The predicted octanol–water partition coefficient (Wildman–Crippen LogP) is 1.73. The van der Waals surface area contributed by atoms with E-state index in [2.05, 4.69) is 0 Å². The second-order valence-corrected chi connectivity index (χ2v) is 9.63. The van der Waals surface area contributed by atoms with Gasteiger partial charge in [-0.25, -0.2) is 4.79 Å². The maximum absolute atomic E-state index is 13.6. The van der Waals surface area contributed by atoms with E-state index in [0.717, 1.165) is 18.2 Å². The summed E-state index contributed by atoms with van der Waals surface area (Å²) in [7, 11) is 0. The van der Waals surface area contributed by atoms with Crippen molar-refractivity contribution in [2.75, 3.05) is 6.61 Å². The minimum absolute atomic E-state index is 0.0247. The van der Waals surface area contributed by atoms with Crippen LogP contribution in [0.15, 0.2) is 76.0 Å². The number of aromatic hydroxyl groups is 4. The first-order valence-electron chi connectivity index (χ1n) is 12.8. The van der Waals surface area contributed by atoms with E-state index in [1.54, 1.807) is 0 Å². The zero-order chi connectivity index (χ0) is 30.8. The smallest absolute Gasteiger partial charge is 0.331 e. The lowest BCUT2D eigenvalue weighted by Gasteiger charge is -2.41. The van der Waals surface area contributed by atoms with Gasteiger partial charge in [-0.3, -0.25) is 4.79 Å². The van der Waals surface area contributed by atoms with Crippen LogP contribution in [0.1, 0.15) is 5.56 Å².